The second-order valence-electron chi connectivity index (χ2n) is 3.35. The summed E-state index contributed by atoms with van der Waals surface area (Å²) >= 11 is 0. The maximum absolute atomic E-state index is 8.33. The second-order valence-corrected chi connectivity index (χ2v) is 3.35. The smallest absolute Gasteiger partial charge is 0.0625 e. The quantitative estimate of drug-likeness (QED) is 0.638. The van der Waals surface area contributed by atoms with Crippen LogP contribution in [0.5, 0.6) is 0 Å². The molecule has 0 aliphatic carbocycles. The first-order valence-corrected chi connectivity index (χ1v) is 7.17. The highest BCUT2D eigenvalue weighted by molar-refractivity contribution is 5.21. The van der Waals surface area contributed by atoms with E-state index in [4.69, 9.17) is 5.26 Å². The van der Waals surface area contributed by atoms with Crippen LogP contribution in [0.1, 0.15) is 65.5 Å². The van der Waals surface area contributed by atoms with Crippen molar-refractivity contribution < 1.29 is 0 Å². The summed E-state index contributed by atoms with van der Waals surface area (Å²) < 4.78 is 0. The van der Waals surface area contributed by atoms with Gasteiger partial charge in [-0.3, -0.25) is 0 Å². The van der Waals surface area contributed by atoms with Gasteiger partial charge in [0.2, 0.25) is 0 Å². The molecule has 18 heavy (non-hydrogen) atoms. The Hall–Kier alpha value is -1.29. The van der Waals surface area contributed by atoms with Crippen LogP contribution in [-0.2, 0) is 6.42 Å². The van der Waals surface area contributed by atoms with E-state index in [2.05, 4.69) is 51.1 Å². The molecule has 1 rings (SSSR count). The van der Waals surface area contributed by atoms with Crippen LogP contribution in [0.2, 0.25) is 0 Å². The molecule has 0 heterocycles. The molecule has 0 aromatic heterocycles. The summed E-state index contributed by atoms with van der Waals surface area (Å²) in [7, 11) is 0. The number of aryl methyl sites for hydroxylation is 2. The average Bonchev–Trinajstić information content (AvgIpc) is 2.44. The molecule has 1 nitrogen and oxygen atoms in total. The Bertz CT molecular complexity index is 267. The normalized spacial score (nSPS) is 7.22. The van der Waals surface area contributed by atoms with Gasteiger partial charge in [-0.2, -0.15) is 5.26 Å². The Labute approximate surface area is 115 Å². The molecule has 0 N–H and O–H groups in total. The van der Waals surface area contributed by atoms with Gasteiger partial charge < -0.3 is 0 Å². The van der Waals surface area contributed by atoms with Crippen LogP contribution >= 0.6 is 0 Å². The van der Waals surface area contributed by atoms with Crippen LogP contribution in [0.3, 0.4) is 0 Å². The molecule has 0 saturated carbocycles. The molecule has 0 radical (unpaired) electrons. The number of benzene rings is 1. The Morgan fingerprint density at radius 2 is 1.33 bits per heavy atom. The Morgan fingerprint density at radius 3 is 1.67 bits per heavy atom. The number of nitrogens with zero attached hydrogens (tertiary/aromatic N) is 1. The van der Waals surface area contributed by atoms with Gasteiger partial charge in [-0.15, -0.1) is 0 Å². The number of hydrogen-bond donors (Lipinski definition) is 0. The fraction of sp³-hybridized carbons (Fsp3) is 0.588. The lowest BCUT2D eigenvalue weighted by Gasteiger charge is -1.96. The third-order valence-corrected chi connectivity index (χ3v) is 1.65. The maximum Gasteiger partial charge on any atom is 0.0625 e. The van der Waals surface area contributed by atoms with E-state index in [1.165, 1.54) is 17.5 Å². The Kier molecular flexibility index (Phi) is 25.7. The minimum Gasteiger partial charge on any atom is -0.198 e. The molecule has 0 fully saturated rings. The average molecular weight is 249 g/mol. The number of nitriles is 1. The maximum atomic E-state index is 8.33. The Morgan fingerprint density at radius 1 is 0.944 bits per heavy atom. The van der Waals surface area contributed by atoms with Gasteiger partial charge >= 0.3 is 0 Å². The lowest BCUT2D eigenvalue weighted by atomic mass is 10.1. The van der Waals surface area contributed by atoms with E-state index in [9.17, 15) is 0 Å². The van der Waals surface area contributed by atoms with Crippen molar-refractivity contribution in [3.63, 3.8) is 0 Å². The molecule has 1 aromatic rings. The van der Waals surface area contributed by atoms with Crippen molar-refractivity contribution in [2.75, 3.05) is 0 Å². The van der Waals surface area contributed by atoms with Gasteiger partial charge in [0, 0.05) is 6.42 Å². The summed E-state index contributed by atoms with van der Waals surface area (Å²) in [5.41, 5.74) is 2.52. The molecular weight excluding hydrogens is 218 g/mol. The standard InChI is InChI=1S/C10H11N.C3H8.2C2H6/c1-9-4-6-10(7-5-9)3-2-8-11;1-3-2;2*1-2/h4-7H,2-3H2,1H3;3H2,1-2H3;2*1-2H3. The van der Waals surface area contributed by atoms with E-state index < -0.39 is 0 Å². The summed E-state index contributed by atoms with van der Waals surface area (Å²) in [5.74, 6) is 0. The largest absolute Gasteiger partial charge is 0.198 e. The number of rotatable bonds is 2. The van der Waals surface area contributed by atoms with E-state index in [0.717, 1.165) is 6.42 Å². The minimum atomic E-state index is 0.614. The van der Waals surface area contributed by atoms with Crippen molar-refractivity contribution in [1.82, 2.24) is 0 Å². The third-order valence-electron chi connectivity index (χ3n) is 1.65. The van der Waals surface area contributed by atoms with Crippen LogP contribution in [0.15, 0.2) is 24.3 Å². The molecule has 0 unspecified atom stereocenters. The van der Waals surface area contributed by atoms with Gasteiger partial charge in [0.05, 0.1) is 6.07 Å². The van der Waals surface area contributed by atoms with Crippen molar-refractivity contribution in [3.8, 4) is 6.07 Å². The summed E-state index contributed by atoms with van der Waals surface area (Å²) in [6.07, 6.45) is 2.74. The van der Waals surface area contributed by atoms with E-state index in [1.807, 2.05) is 27.7 Å². The van der Waals surface area contributed by atoms with Crippen molar-refractivity contribution in [1.29, 1.82) is 5.26 Å². The monoisotopic (exact) mass is 249 g/mol. The molecule has 0 aliphatic rings. The van der Waals surface area contributed by atoms with Crippen molar-refractivity contribution in [3.05, 3.63) is 35.4 Å². The fourth-order valence-corrected chi connectivity index (χ4v) is 0.955. The molecule has 0 aliphatic heterocycles. The van der Waals surface area contributed by atoms with E-state index in [1.54, 1.807) is 0 Å². The van der Waals surface area contributed by atoms with Gasteiger partial charge in [-0.25, -0.2) is 0 Å². The topological polar surface area (TPSA) is 23.8 Å². The van der Waals surface area contributed by atoms with E-state index in [-0.39, 0.29) is 0 Å². The molecule has 104 valence electrons. The summed E-state index contributed by atoms with van der Waals surface area (Å²) in [6.45, 7) is 14.3. The molecule has 0 amide bonds. The van der Waals surface area contributed by atoms with Gasteiger partial charge in [0.25, 0.3) is 0 Å². The lowest BCUT2D eigenvalue weighted by molar-refractivity contribution is 1.01. The highest BCUT2D eigenvalue weighted by Gasteiger charge is 1.90. The van der Waals surface area contributed by atoms with Gasteiger partial charge in [0.15, 0.2) is 0 Å². The van der Waals surface area contributed by atoms with Crippen molar-refractivity contribution >= 4 is 0 Å². The van der Waals surface area contributed by atoms with Crippen LogP contribution in [0, 0.1) is 18.3 Å². The van der Waals surface area contributed by atoms with Gasteiger partial charge in [0.1, 0.15) is 0 Å². The highest BCUT2D eigenvalue weighted by Crippen LogP contribution is 2.04. The summed E-state index contributed by atoms with van der Waals surface area (Å²) in [5, 5.41) is 8.33. The lowest BCUT2D eigenvalue weighted by Crippen LogP contribution is -1.82. The highest BCUT2D eigenvalue weighted by atomic mass is 14.2. The first kappa shape index (κ1) is 21.9. The zero-order chi connectivity index (χ0) is 14.8. The molecule has 1 aromatic carbocycles. The minimum absolute atomic E-state index is 0.614. The molecule has 0 bridgehead atoms. The van der Waals surface area contributed by atoms with Crippen LogP contribution in [-0.4, -0.2) is 0 Å². The number of hydrogen-bond acceptors (Lipinski definition) is 1. The first-order valence-electron chi connectivity index (χ1n) is 7.17. The van der Waals surface area contributed by atoms with E-state index in [0.29, 0.717) is 6.42 Å². The Balaban J connectivity index is -0.000000274. The predicted octanol–water partition coefficient (Wildman–Crippen LogP) is 5.92. The summed E-state index contributed by atoms with van der Waals surface area (Å²) in [6, 6.07) is 10.4. The molecule has 0 spiro atoms. The first-order chi connectivity index (χ1) is 8.74. The van der Waals surface area contributed by atoms with E-state index >= 15 is 0 Å². The molecule has 0 saturated heterocycles. The van der Waals surface area contributed by atoms with Crippen LogP contribution < -0.4 is 0 Å². The van der Waals surface area contributed by atoms with Crippen LogP contribution in [0.25, 0.3) is 0 Å². The van der Waals surface area contributed by atoms with Gasteiger partial charge in [-0.1, -0.05) is 77.8 Å². The van der Waals surface area contributed by atoms with Crippen LogP contribution in [0.4, 0.5) is 0 Å². The SMILES string of the molecule is CC.CC.CCC.Cc1ccc(CCC#N)cc1. The van der Waals surface area contributed by atoms with Gasteiger partial charge in [-0.05, 0) is 18.9 Å². The van der Waals surface area contributed by atoms with Crippen molar-refractivity contribution in [2.45, 2.75) is 67.7 Å². The molecule has 0 atom stereocenters. The molecular formula is C17H31N. The summed E-state index contributed by atoms with van der Waals surface area (Å²) in [4.78, 5) is 0. The third kappa shape index (κ3) is 17.1. The fourth-order valence-electron chi connectivity index (χ4n) is 0.955. The molecule has 1 heteroatoms. The zero-order valence-electron chi connectivity index (χ0n) is 13.4. The van der Waals surface area contributed by atoms with Crippen molar-refractivity contribution in [2.24, 2.45) is 0 Å². The predicted molar refractivity (Wildman–Crippen MR) is 83.8 cm³/mol. The second kappa shape index (κ2) is 21.0. The zero-order valence-corrected chi connectivity index (χ0v) is 13.4.